The number of carbonyl (C=O) groups excluding carboxylic acids is 2. The Kier molecular flexibility index (Phi) is 5.10. The van der Waals surface area contributed by atoms with Crippen LogP contribution < -0.4 is 29.2 Å². The van der Waals surface area contributed by atoms with Crippen LogP contribution in [0.4, 0.5) is 11.4 Å². The van der Waals surface area contributed by atoms with Gasteiger partial charge in [-0.2, -0.15) is 0 Å². The first kappa shape index (κ1) is 20.4. The molecule has 1 N–H and O–H groups in total. The number of nitrogens with one attached hydrogen (secondary N) is 1. The van der Waals surface area contributed by atoms with Gasteiger partial charge < -0.3 is 24.3 Å². The molecule has 0 aliphatic carbocycles. The summed E-state index contributed by atoms with van der Waals surface area (Å²) in [5.41, 5.74) is 1.90. The van der Waals surface area contributed by atoms with Crippen molar-refractivity contribution in [2.45, 2.75) is 0 Å². The summed E-state index contributed by atoms with van der Waals surface area (Å²) >= 11 is 0. The van der Waals surface area contributed by atoms with Crippen LogP contribution >= 0.6 is 0 Å². The highest BCUT2D eigenvalue weighted by Crippen LogP contribution is 2.40. The van der Waals surface area contributed by atoms with Gasteiger partial charge in [0.2, 0.25) is 6.79 Å². The molecule has 0 aromatic heterocycles. The zero-order chi connectivity index (χ0) is 22.9. The Labute approximate surface area is 189 Å². The van der Waals surface area contributed by atoms with Crippen molar-refractivity contribution in [1.82, 2.24) is 0 Å². The van der Waals surface area contributed by atoms with Crippen molar-refractivity contribution in [1.29, 1.82) is 0 Å². The maximum Gasteiger partial charge on any atom is 0.282 e. The third-order valence-corrected chi connectivity index (χ3v) is 5.42. The van der Waals surface area contributed by atoms with E-state index in [1.165, 1.54) is 14.2 Å². The zero-order valence-electron chi connectivity index (χ0n) is 18.0. The summed E-state index contributed by atoms with van der Waals surface area (Å²) in [4.78, 5) is 28.4. The van der Waals surface area contributed by atoms with Crippen molar-refractivity contribution in [3.8, 4) is 23.0 Å². The molecule has 0 unspecified atom stereocenters. The summed E-state index contributed by atoms with van der Waals surface area (Å²) in [6.07, 6.45) is 0. The quantitative estimate of drug-likeness (QED) is 0.579. The molecule has 0 fully saturated rings. The number of imide groups is 1. The summed E-state index contributed by atoms with van der Waals surface area (Å²) < 4.78 is 21.5. The van der Waals surface area contributed by atoms with Gasteiger partial charge in [-0.15, -0.1) is 0 Å². The molecular weight excluding hydrogens is 424 g/mol. The topological polar surface area (TPSA) is 86.3 Å². The molecule has 2 amide bonds. The van der Waals surface area contributed by atoms with Gasteiger partial charge in [-0.25, -0.2) is 4.90 Å². The van der Waals surface area contributed by atoms with E-state index in [0.717, 1.165) is 4.90 Å². The lowest BCUT2D eigenvalue weighted by molar-refractivity contribution is -0.120. The fourth-order valence-electron chi connectivity index (χ4n) is 3.83. The van der Waals surface area contributed by atoms with Crippen LogP contribution in [0.3, 0.4) is 0 Å². The zero-order valence-corrected chi connectivity index (χ0v) is 18.0. The van der Waals surface area contributed by atoms with Crippen LogP contribution in [0.1, 0.15) is 5.56 Å². The maximum absolute atomic E-state index is 13.6. The summed E-state index contributed by atoms with van der Waals surface area (Å²) in [6, 6.07) is 19.2. The number of methoxy groups -OCH3 is 2. The molecule has 8 heteroatoms. The van der Waals surface area contributed by atoms with Crippen molar-refractivity contribution in [2.24, 2.45) is 0 Å². The third-order valence-electron chi connectivity index (χ3n) is 5.42. The van der Waals surface area contributed by atoms with Crippen LogP contribution in [0.25, 0.3) is 5.57 Å². The van der Waals surface area contributed by atoms with E-state index in [2.05, 4.69) is 5.32 Å². The second-order valence-corrected chi connectivity index (χ2v) is 7.29. The average molecular weight is 444 g/mol. The van der Waals surface area contributed by atoms with Crippen molar-refractivity contribution >= 4 is 28.8 Å². The monoisotopic (exact) mass is 444 g/mol. The minimum Gasteiger partial charge on any atom is -0.497 e. The summed E-state index contributed by atoms with van der Waals surface area (Å²) in [7, 11) is 2.99. The molecule has 0 radical (unpaired) electrons. The van der Waals surface area contributed by atoms with Crippen molar-refractivity contribution in [3.63, 3.8) is 0 Å². The molecule has 0 atom stereocenters. The Balaban J connectivity index is 1.61. The molecule has 33 heavy (non-hydrogen) atoms. The Morgan fingerprint density at radius 1 is 0.848 bits per heavy atom. The van der Waals surface area contributed by atoms with Gasteiger partial charge in [0.15, 0.2) is 11.5 Å². The number of ether oxygens (including phenoxy) is 4. The summed E-state index contributed by atoms with van der Waals surface area (Å²) in [6.45, 7) is 0.136. The minimum atomic E-state index is -0.511. The lowest BCUT2D eigenvalue weighted by atomic mass is 10.0. The molecule has 5 rings (SSSR count). The molecule has 2 aliphatic rings. The van der Waals surface area contributed by atoms with Crippen molar-refractivity contribution < 1.29 is 28.5 Å². The predicted octanol–water partition coefficient (Wildman–Crippen LogP) is 3.83. The van der Waals surface area contributed by atoms with Gasteiger partial charge in [-0.05, 0) is 29.8 Å². The number of nitrogens with zero attached hydrogens (tertiary/aromatic N) is 1. The van der Waals surface area contributed by atoms with Gasteiger partial charge in [0, 0.05) is 17.8 Å². The van der Waals surface area contributed by atoms with E-state index in [1.807, 2.05) is 18.2 Å². The van der Waals surface area contributed by atoms with E-state index < -0.39 is 11.8 Å². The van der Waals surface area contributed by atoms with E-state index in [9.17, 15) is 9.59 Å². The number of carbonyl (C=O) groups is 2. The number of anilines is 2. The van der Waals surface area contributed by atoms with Crippen LogP contribution in [0.5, 0.6) is 23.0 Å². The smallest absolute Gasteiger partial charge is 0.282 e. The first-order valence-corrected chi connectivity index (χ1v) is 10.2. The van der Waals surface area contributed by atoms with Gasteiger partial charge >= 0.3 is 0 Å². The molecule has 166 valence electrons. The molecular formula is C25H20N2O6. The Hall–Kier alpha value is -4.46. The number of rotatable bonds is 6. The van der Waals surface area contributed by atoms with Crippen LogP contribution in [-0.2, 0) is 9.59 Å². The van der Waals surface area contributed by atoms with Gasteiger partial charge in [-0.1, -0.05) is 30.3 Å². The minimum absolute atomic E-state index is 0.136. The first-order chi connectivity index (χ1) is 16.1. The van der Waals surface area contributed by atoms with Gasteiger partial charge in [0.05, 0.1) is 25.5 Å². The normalized spacial score (nSPS) is 14.7. The second-order valence-electron chi connectivity index (χ2n) is 7.29. The molecule has 2 heterocycles. The van der Waals surface area contributed by atoms with Crippen molar-refractivity contribution in [2.75, 3.05) is 31.2 Å². The summed E-state index contributed by atoms with van der Waals surface area (Å²) in [5, 5.41) is 3.13. The molecule has 0 bridgehead atoms. The van der Waals surface area contributed by atoms with E-state index in [-0.39, 0.29) is 18.1 Å². The van der Waals surface area contributed by atoms with Gasteiger partial charge in [0.25, 0.3) is 11.8 Å². The highest BCUT2D eigenvalue weighted by molar-refractivity contribution is 6.46. The average Bonchev–Trinajstić information content (AvgIpc) is 3.41. The highest BCUT2D eigenvalue weighted by atomic mass is 16.7. The standard InChI is InChI=1S/C25H20N2O6/c1-30-17-9-11-19(31-2)18(13-17)27-24(28)22(15-6-4-3-5-7-15)23(25(27)29)26-16-8-10-20-21(12-16)33-14-32-20/h3-13,26H,14H2,1-2H3. The van der Waals surface area contributed by atoms with E-state index in [0.29, 0.717) is 39.9 Å². The van der Waals surface area contributed by atoms with Gasteiger partial charge in [0.1, 0.15) is 17.2 Å². The molecule has 3 aromatic rings. The number of benzene rings is 3. The Morgan fingerprint density at radius 2 is 1.64 bits per heavy atom. The van der Waals surface area contributed by atoms with E-state index in [1.54, 1.807) is 48.5 Å². The van der Waals surface area contributed by atoms with E-state index in [4.69, 9.17) is 18.9 Å². The summed E-state index contributed by atoms with van der Waals surface area (Å²) in [5.74, 6) is 1.06. The van der Waals surface area contributed by atoms with Crippen LogP contribution in [0, 0.1) is 0 Å². The predicted molar refractivity (Wildman–Crippen MR) is 122 cm³/mol. The number of hydrogen-bond acceptors (Lipinski definition) is 7. The van der Waals surface area contributed by atoms with Crippen LogP contribution in [-0.4, -0.2) is 32.8 Å². The Bertz CT molecular complexity index is 1290. The van der Waals surface area contributed by atoms with Crippen molar-refractivity contribution in [3.05, 3.63) is 78.0 Å². The third kappa shape index (κ3) is 3.51. The molecule has 0 spiro atoms. The first-order valence-electron chi connectivity index (χ1n) is 10.2. The van der Waals surface area contributed by atoms with Crippen LogP contribution in [0.15, 0.2) is 72.4 Å². The fourth-order valence-corrected chi connectivity index (χ4v) is 3.83. The molecule has 0 saturated heterocycles. The molecule has 2 aliphatic heterocycles. The highest BCUT2D eigenvalue weighted by Gasteiger charge is 2.41. The molecule has 3 aromatic carbocycles. The van der Waals surface area contributed by atoms with Crippen LogP contribution in [0.2, 0.25) is 0 Å². The molecule has 0 saturated carbocycles. The largest absolute Gasteiger partial charge is 0.497 e. The lowest BCUT2D eigenvalue weighted by Gasteiger charge is -2.19. The number of amides is 2. The number of fused-ring (bicyclic) bond motifs is 1. The van der Waals surface area contributed by atoms with E-state index >= 15 is 0 Å². The lowest BCUT2D eigenvalue weighted by Crippen LogP contribution is -2.32. The Morgan fingerprint density at radius 3 is 2.39 bits per heavy atom. The van der Waals surface area contributed by atoms with Gasteiger partial charge in [-0.3, -0.25) is 9.59 Å². The molecule has 8 nitrogen and oxygen atoms in total. The fraction of sp³-hybridized carbons (Fsp3) is 0.120. The second kappa shape index (κ2) is 8.23. The number of hydrogen-bond donors (Lipinski definition) is 1. The maximum atomic E-state index is 13.6. The SMILES string of the molecule is COc1ccc(OC)c(N2C(=O)C(Nc3ccc4c(c3)OCO4)=C(c3ccccc3)C2=O)c1.